The van der Waals surface area contributed by atoms with Gasteiger partial charge in [0.2, 0.25) is 0 Å². The molecule has 1 heterocycles. The van der Waals surface area contributed by atoms with E-state index in [1.165, 1.54) is 12.1 Å². The second-order valence-corrected chi connectivity index (χ2v) is 6.06. The van der Waals surface area contributed by atoms with Crippen molar-refractivity contribution >= 4 is 23.4 Å². The van der Waals surface area contributed by atoms with E-state index in [9.17, 15) is 18.8 Å². The quantitative estimate of drug-likeness (QED) is 0.628. The van der Waals surface area contributed by atoms with Crippen LogP contribution in [0.3, 0.4) is 0 Å². The largest absolute Gasteiger partial charge is 0.395 e. The average Bonchev–Trinajstić information content (AvgIpc) is 2.95. The van der Waals surface area contributed by atoms with Gasteiger partial charge in [-0.3, -0.25) is 19.3 Å². The second-order valence-electron chi connectivity index (χ2n) is 6.06. The zero-order chi connectivity index (χ0) is 20.1. The SMILES string of the molecule is O=C(NCc1ccc(F)cc1)c1ccccc1NC1=CC(=O)N(CCO)C1=O. The predicted molar refractivity (Wildman–Crippen MR) is 99.5 cm³/mol. The monoisotopic (exact) mass is 383 g/mol. The molecule has 1 aliphatic rings. The summed E-state index contributed by atoms with van der Waals surface area (Å²) < 4.78 is 13.0. The first-order valence-corrected chi connectivity index (χ1v) is 8.56. The summed E-state index contributed by atoms with van der Waals surface area (Å²) in [6, 6.07) is 12.3. The van der Waals surface area contributed by atoms with Crippen molar-refractivity contribution in [2.24, 2.45) is 0 Å². The molecule has 3 amide bonds. The summed E-state index contributed by atoms with van der Waals surface area (Å²) in [6.07, 6.45) is 1.13. The van der Waals surface area contributed by atoms with Crippen LogP contribution in [-0.4, -0.2) is 40.9 Å². The molecule has 0 aliphatic carbocycles. The number of nitrogens with zero attached hydrogens (tertiary/aromatic N) is 1. The number of hydrogen-bond donors (Lipinski definition) is 3. The summed E-state index contributed by atoms with van der Waals surface area (Å²) in [4.78, 5) is 37.6. The fourth-order valence-electron chi connectivity index (χ4n) is 2.72. The molecule has 7 nitrogen and oxygen atoms in total. The van der Waals surface area contributed by atoms with Gasteiger partial charge in [0, 0.05) is 12.6 Å². The molecule has 0 atom stereocenters. The van der Waals surface area contributed by atoms with Crippen LogP contribution in [0, 0.1) is 5.82 Å². The van der Waals surface area contributed by atoms with Crippen LogP contribution in [0.2, 0.25) is 0 Å². The van der Waals surface area contributed by atoms with E-state index in [1.54, 1.807) is 36.4 Å². The van der Waals surface area contributed by atoms with E-state index < -0.39 is 17.7 Å². The van der Waals surface area contributed by atoms with Crippen molar-refractivity contribution in [1.82, 2.24) is 10.2 Å². The van der Waals surface area contributed by atoms with Crippen LogP contribution in [0.5, 0.6) is 0 Å². The van der Waals surface area contributed by atoms with E-state index in [0.717, 1.165) is 16.5 Å². The molecular weight excluding hydrogens is 365 g/mol. The van der Waals surface area contributed by atoms with E-state index in [0.29, 0.717) is 5.69 Å². The first-order chi connectivity index (χ1) is 13.5. The Morgan fingerprint density at radius 2 is 1.79 bits per heavy atom. The molecule has 3 rings (SSSR count). The maximum absolute atomic E-state index is 13.0. The number of halogens is 1. The molecule has 1 aliphatic heterocycles. The van der Waals surface area contributed by atoms with Gasteiger partial charge >= 0.3 is 0 Å². The third-order valence-electron chi connectivity index (χ3n) is 4.14. The Morgan fingerprint density at radius 3 is 2.50 bits per heavy atom. The second kappa shape index (κ2) is 8.45. The lowest BCUT2D eigenvalue weighted by molar-refractivity contribution is -0.137. The number of hydrogen-bond acceptors (Lipinski definition) is 5. The summed E-state index contributed by atoms with van der Waals surface area (Å²) in [5, 5.41) is 14.5. The molecule has 144 valence electrons. The van der Waals surface area contributed by atoms with E-state index in [2.05, 4.69) is 10.6 Å². The number of benzene rings is 2. The van der Waals surface area contributed by atoms with Gasteiger partial charge in [0.05, 0.1) is 24.4 Å². The van der Waals surface area contributed by atoms with Gasteiger partial charge in [-0.1, -0.05) is 24.3 Å². The van der Waals surface area contributed by atoms with E-state index >= 15 is 0 Å². The molecule has 0 radical (unpaired) electrons. The van der Waals surface area contributed by atoms with Gasteiger partial charge in [0.1, 0.15) is 11.5 Å². The molecular formula is C20H18FN3O4. The lowest BCUT2D eigenvalue weighted by Gasteiger charge is -2.15. The highest BCUT2D eigenvalue weighted by Crippen LogP contribution is 2.21. The van der Waals surface area contributed by atoms with Gasteiger partial charge in [-0.05, 0) is 29.8 Å². The minimum atomic E-state index is -0.569. The van der Waals surface area contributed by atoms with Crippen LogP contribution < -0.4 is 10.6 Å². The zero-order valence-electron chi connectivity index (χ0n) is 14.8. The molecule has 8 heteroatoms. The number of carbonyl (C=O) groups excluding carboxylic acids is 3. The highest BCUT2D eigenvalue weighted by atomic mass is 19.1. The molecule has 0 aromatic heterocycles. The number of β-amino-alcohol motifs (C(OH)–C–C–N with tert-alkyl or cyclic N) is 1. The maximum Gasteiger partial charge on any atom is 0.277 e. The zero-order valence-corrected chi connectivity index (χ0v) is 14.8. The van der Waals surface area contributed by atoms with Crippen LogP contribution in [-0.2, 0) is 16.1 Å². The highest BCUT2D eigenvalue weighted by Gasteiger charge is 2.31. The summed E-state index contributed by atoms with van der Waals surface area (Å²) in [5.74, 6) is -1.85. The summed E-state index contributed by atoms with van der Waals surface area (Å²) >= 11 is 0. The first kappa shape index (κ1) is 19.2. The van der Waals surface area contributed by atoms with Crippen molar-refractivity contribution in [2.75, 3.05) is 18.5 Å². The fraction of sp³-hybridized carbons (Fsp3) is 0.150. The number of para-hydroxylation sites is 1. The van der Waals surface area contributed by atoms with Gasteiger partial charge in [0.25, 0.3) is 17.7 Å². The lowest BCUT2D eigenvalue weighted by Crippen LogP contribution is -2.34. The maximum atomic E-state index is 13.0. The molecule has 3 N–H and O–H groups in total. The molecule has 0 saturated carbocycles. The van der Waals surface area contributed by atoms with Crippen LogP contribution in [0.25, 0.3) is 0 Å². The molecule has 2 aromatic rings. The van der Waals surface area contributed by atoms with Crippen LogP contribution in [0.4, 0.5) is 10.1 Å². The summed E-state index contributed by atoms with van der Waals surface area (Å²) in [5.41, 5.74) is 1.40. The number of rotatable bonds is 7. The normalized spacial score (nSPS) is 13.5. The van der Waals surface area contributed by atoms with Crippen molar-refractivity contribution in [3.63, 3.8) is 0 Å². The Kier molecular flexibility index (Phi) is 5.81. The average molecular weight is 383 g/mol. The standard InChI is InChI=1S/C20H18FN3O4/c21-14-7-5-13(6-8-14)12-22-19(27)15-3-1-2-4-16(15)23-17-11-18(26)24(9-10-25)20(17)28/h1-8,11,23,25H,9-10,12H2,(H,22,27). The van der Waals surface area contributed by atoms with Crippen LogP contribution >= 0.6 is 0 Å². The van der Waals surface area contributed by atoms with E-state index in [1.807, 2.05) is 0 Å². The Bertz CT molecular complexity index is 941. The van der Waals surface area contributed by atoms with E-state index in [4.69, 9.17) is 5.11 Å². The third kappa shape index (κ3) is 4.24. The number of aliphatic hydroxyl groups excluding tert-OH is 1. The van der Waals surface area contributed by atoms with Crippen LogP contribution in [0.15, 0.2) is 60.3 Å². The Hall–Kier alpha value is -3.52. The third-order valence-corrected chi connectivity index (χ3v) is 4.14. The Labute approximate surface area is 160 Å². The number of anilines is 1. The fourth-order valence-corrected chi connectivity index (χ4v) is 2.72. The van der Waals surface area contributed by atoms with Crippen molar-refractivity contribution in [2.45, 2.75) is 6.54 Å². The predicted octanol–water partition coefficient (Wildman–Crippen LogP) is 1.41. The van der Waals surface area contributed by atoms with Gasteiger partial charge < -0.3 is 15.7 Å². The van der Waals surface area contributed by atoms with Crippen molar-refractivity contribution < 1.29 is 23.9 Å². The van der Waals surface area contributed by atoms with E-state index in [-0.39, 0.29) is 36.8 Å². The summed E-state index contributed by atoms with van der Waals surface area (Å²) in [6.45, 7) is -0.224. The van der Waals surface area contributed by atoms with Gasteiger partial charge in [0.15, 0.2) is 0 Å². The number of carbonyl (C=O) groups is 3. The minimum Gasteiger partial charge on any atom is -0.395 e. The Balaban J connectivity index is 1.71. The smallest absolute Gasteiger partial charge is 0.277 e. The first-order valence-electron chi connectivity index (χ1n) is 8.56. The topological polar surface area (TPSA) is 98.7 Å². The molecule has 0 unspecified atom stereocenters. The number of amides is 3. The molecule has 0 bridgehead atoms. The number of aliphatic hydroxyl groups is 1. The molecule has 0 saturated heterocycles. The van der Waals surface area contributed by atoms with Crippen molar-refractivity contribution in [1.29, 1.82) is 0 Å². The van der Waals surface area contributed by atoms with Crippen molar-refractivity contribution in [3.05, 3.63) is 77.2 Å². The van der Waals surface area contributed by atoms with Crippen LogP contribution in [0.1, 0.15) is 15.9 Å². The molecule has 28 heavy (non-hydrogen) atoms. The van der Waals surface area contributed by atoms with Gasteiger partial charge in [-0.25, -0.2) is 4.39 Å². The lowest BCUT2D eigenvalue weighted by atomic mass is 10.1. The minimum absolute atomic E-state index is 0.0252. The molecule has 0 fully saturated rings. The molecule has 2 aromatic carbocycles. The number of imide groups is 1. The highest BCUT2D eigenvalue weighted by molar-refractivity contribution is 6.17. The van der Waals surface area contributed by atoms with Gasteiger partial charge in [-0.15, -0.1) is 0 Å². The Morgan fingerprint density at radius 1 is 1.07 bits per heavy atom. The summed E-state index contributed by atoms with van der Waals surface area (Å²) in [7, 11) is 0. The number of nitrogens with one attached hydrogen (secondary N) is 2. The van der Waals surface area contributed by atoms with Gasteiger partial charge in [-0.2, -0.15) is 0 Å². The molecule has 0 spiro atoms. The van der Waals surface area contributed by atoms with Crippen molar-refractivity contribution in [3.8, 4) is 0 Å².